The highest BCUT2D eigenvalue weighted by Crippen LogP contribution is 2.20. The van der Waals surface area contributed by atoms with E-state index in [4.69, 9.17) is 11.1 Å². The zero-order chi connectivity index (χ0) is 12.4. The van der Waals surface area contributed by atoms with Gasteiger partial charge in [-0.25, -0.2) is 0 Å². The summed E-state index contributed by atoms with van der Waals surface area (Å²) in [5, 5.41) is 7.44. The third-order valence-corrected chi connectivity index (χ3v) is 4.32. The summed E-state index contributed by atoms with van der Waals surface area (Å²) in [5.41, 5.74) is 8.42. The van der Waals surface area contributed by atoms with Crippen LogP contribution in [-0.2, 0) is 10.8 Å². The molecule has 1 aromatic rings. The minimum absolute atomic E-state index is 0.105. The quantitative estimate of drug-likeness (QED) is 0.604. The average Bonchev–Trinajstić information content (AvgIpc) is 2.29. The summed E-state index contributed by atoms with van der Waals surface area (Å²) in [5.74, 6) is 1.59. The Morgan fingerprint density at radius 3 is 2.59 bits per heavy atom. The fourth-order valence-corrected chi connectivity index (χ4v) is 3.09. The van der Waals surface area contributed by atoms with Gasteiger partial charge in [-0.05, 0) is 30.7 Å². The first-order valence-corrected chi connectivity index (χ1v) is 7.11. The van der Waals surface area contributed by atoms with E-state index in [1.807, 2.05) is 25.1 Å². The molecular weight excluding hydrogens is 234 g/mol. The largest absolute Gasteiger partial charge is 0.384 e. The number of nitrogens with zero attached hydrogens (tertiary/aromatic N) is 1. The summed E-state index contributed by atoms with van der Waals surface area (Å²) in [7, 11) is -0.648. The highest BCUT2D eigenvalue weighted by molar-refractivity contribution is 7.85. The van der Waals surface area contributed by atoms with Gasteiger partial charge in [-0.1, -0.05) is 0 Å². The van der Waals surface area contributed by atoms with Crippen LogP contribution < -0.4 is 10.6 Å². The Labute approximate surface area is 104 Å². The van der Waals surface area contributed by atoms with E-state index in [2.05, 4.69) is 4.90 Å². The van der Waals surface area contributed by atoms with Crippen LogP contribution in [0.5, 0.6) is 0 Å². The maximum absolute atomic E-state index is 11.3. The van der Waals surface area contributed by atoms with Crippen LogP contribution in [0.4, 0.5) is 5.69 Å². The van der Waals surface area contributed by atoms with Gasteiger partial charge < -0.3 is 10.6 Å². The summed E-state index contributed by atoms with van der Waals surface area (Å²) < 4.78 is 11.3. The first-order valence-electron chi connectivity index (χ1n) is 5.63. The van der Waals surface area contributed by atoms with Gasteiger partial charge in [0.05, 0.1) is 0 Å². The van der Waals surface area contributed by atoms with Crippen LogP contribution in [0.3, 0.4) is 0 Å². The van der Waals surface area contributed by atoms with Crippen molar-refractivity contribution in [2.75, 3.05) is 29.5 Å². The molecule has 0 aliphatic carbocycles. The standard InChI is InChI=1S/C12H17N3OS/c1-9-8-10(2-3-11(9)12(13)14)15-4-6-17(16)7-5-15/h2-3,8H,4-7H2,1H3,(H3,13,14). The van der Waals surface area contributed by atoms with Gasteiger partial charge in [0.25, 0.3) is 0 Å². The van der Waals surface area contributed by atoms with Crippen molar-refractivity contribution in [3.63, 3.8) is 0 Å². The van der Waals surface area contributed by atoms with Crippen molar-refractivity contribution < 1.29 is 4.21 Å². The molecule has 1 aliphatic rings. The van der Waals surface area contributed by atoms with Gasteiger partial charge >= 0.3 is 0 Å². The molecule has 1 heterocycles. The smallest absolute Gasteiger partial charge is 0.123 e. The molecule has 0 radical (unpaired) electrons. The first-order chi connectivity index (χ1) is 8.08. The van der Waals surface area contributed by atoms with Crippen LogP contribution in [0, 0.1) is 12.3 Å². The Hall–Kier alpha value is -1.36. The molecule has 0 bridgehead atoms. The van der Waals surface area contributed by atoms with E-state index in [9.17, 15) is 4.21 Å². The summed E-state index contributed by atoms with van der Waals surface area (Å²) in [4.78, 5) is 2.23. The molecule has 1 aliphatic heterocycles. The van der Waals surface area contributed by atoms with Crippen LogP contribution in [0.1, 0.15) is 11.1 Å². The Morgan fingerprint density at radius 1 is 1.41 bits per heavy atom. The number of amidine groups is 1. The SMILES string of the molecule is Cc1cc(N2CCS(=O)CC2)ccc1C(=N)N. The molecule has 1 saturated heterocycles. The topological polar surface area (TPSA) is 70.2 Å². The average molecular weight is 251 g/mol. The lowest BCUT2D eigenvalue weighted by Gasteiger charge is -2.29. The molecular formula is C12H17N3OS. The van der Waals surface area contributed by atoms with Crippen molar-refractivity contribution in [3.8, 4) is 0 Å². The Balaban J connectivity index is 2.20. The van der Waals surface area contributed by atoms with Gasteiger partial charge in [0.1, 0.15) is 5.84 Å². The molecule has 1 fully saturated rings. The lowest BCUT2D eigenvalue weighted by atomic mass is 10.1. The minimum Gasteiger partial charge on any atom is -0.384 e. The maximum atomic E-state index is 11.3. The number of nitrogen functional groups attached to an aromatic ring is 1. The summed E-state index contributed by atoms with van der Waals surface area (Å²) in [6.07, 6.45) is 0. The molecule has 0 saturated carbocycles. The number of nitrogens with two attached hydrogens (primary N) is 1. The Kier molecular flexibility index (Phi) is 3.47. The molecule has 3 N–H and O–H groups in total. The molecule has 4 nitrogen and oxygen atoms in total. The van der Waals surface area contributed by atoms with Crippen LogP contribution in [0.25, 0.3) is 0 Å². The zero-order valence-electron chi connectivity index (χ0n) is 9.90. The molecule has 2 rings (SSSR count). The molecule has 1 aromatic carbocycles. The van der Waals surface area contributed by atoms with Crippen LogP contribution in [-0.4, -0.2) is 34.6 Å². The fraction of sp³-hybridized carbons (Fsp3) is 0.417. The monoisotopic (exact) mass is 251 g/mol. The molecule has 0 amide bonds. The third kappa shape index (κ3) is 2.66. The van der Waals surface area contributed by atoms with Gasteiger partial charge in [-0.15, -0.1) is 0 Å². The van der Waals surface area contributed by atoms with Crippen molar-refractivity contribution >= 4 is 22.3 Å². The third-order valence-electron chi connectivity index (χ3n) is 3.04. The fourth-order valence-electron chi connectivity index (χ4n) is 2.04. The van der Waals surface area contributed by atoms with E-state index >= 15 is 0 Å². The number of benzene rings is 1. The highest BCUT2D eigenvalue weighted by Gasteiger charge is 2.16. The van der Waals surface area contributed by atoms with Gasteiger partial charge in [-0.3, -0.25) is 9.62 Å². The van der Waals surface area contributed by atoms with E-state index in [1.165, 1.54) is 0 Å². The van der Waals surface area contributed by atoms with Gasteiger partial charge in [0, 0.05) is 46.6 Å². The highest BCUT2D eigenvalue weighted by atomic mass is 32.2. The van der Waals surface area contributed by atoms with Gasteiger partial charge in [0.15, 0.2) is 0 Å². The number of hydrogen-bond acceptors (Lipinski definition) is 3. The normalized spacial score (nSPS) is 17.1. The molecule has 0 aromatic heterocycles. The second kappa shape index (κ2) is 4.87. The zero-order valence-corrected chi connectivity index (χ0v) is 10.7. The van der Waals surface area contributed by atoms with Crippen molar-refractivity contribution in [1.29, 1.82) is 5.41 Å². The lowest BCUT2D eigenvalue weighted by molar-refractivity contribution is 0.673. The number of nitrogens with one attached hydrogen (secondary N) is 1. The van der Waals surface area contributed by atoms with Crippen LogP contribution in [0.15, 0.2) is 18.2 Å². The van der Waals surface area contributed by atoms with Gasteiger partial charge in [-0.2, -0.15) is 0 Å². The molecule has 0 spiro atoms. The molecule has 17 heavy (non-hydrogen) atoms. The van der Waals surface area contributed by atoms with E-state index in [-0.39, 0.29) is 5.84 Å². The Morgan fingerprint density at radius 2 is 2.06 bits per heavy atom. The molecule has 0 atom stereocenters. The van der Waals surface area contributed by atoms with E-state index in [1.54, 1.807) is 0 Å². The summed E-state index contributed by atoms with van der Waals surface area (Å²) >= 11 is 0. The van der Waals surface area contributed by atoms with E-state index in [0.717, 1.165) is 41.4 Å². The molecule has 5 heteroatoms. The summed E-state index contributed by atoms with van der Waals surface area (Å²) in [6.45, 7) is 3.64. The second-order valence-corrected chi connectivity index (χ2v) is 5.94. The lowest BCUT2D eigenvalue weighted by Crippen LogP contribution is -2.37. The number of aryl methyl sites for hydroxylation is 1. The van der Waals surface area contributed by atoms with Crippen molar-refractivity contribution in [2.45, 2.75) is 6.92 Å². The number of anilines is 1. The second-order valence-electron chi connectivity index (χ2n) is 4.25. The van der Waals surface area contributed by atoms with Crippen molar-refractivity contribution in [3.05, 3.63) is 29.3 Å². The molecule has 92 valence electrons. The van der Waals surface area contributed by atoms with E-state index < -0.39 is 10.8 Å². The van der Waals surface area contributed by atoms with Crippen LogP contribution >= 0.6 is 0 Å². The molecule has 0 unspecified atom stereocenters. The predicted octanol–water partition coefficient (Wildman–Crippen LogP) is 0.848. The van der Waals surface area contributed by atoms with Gasteiger partial charge in [0.2, 0.25) is 0 Å². The van der Waals surface area contributed by atoms with Crippen molar-refractivity contribution in [1.82, 2.24) is 0 Å². The number of hydrogen-bond donors (Lipinski definition) is 2. The van der Waals surface area contributed by atoms with Crippen LogP contribution in [0.2, 0.25) is 0 Å². The first kappa shape index (κ1) is 12.1. The van der Waals surface area contributed by atoms with E-state index in [0.29, 0.717) is 0 Å². The van der Waals surface area contributed by atoms with Crippen molar-refractivity contribution in [2.24, 2.45) is 5.73 Å². The minimum atomic E-state index is -0.648. The Bertz CT molecular complexity index is 463. The predicted molar refractivity (Wildman–Crippen MR) is 72.3 cm³/mol. The maximum Gasteiger partial charge on any atom is 0.123 e. The number of rotatable bonds is 2. The summed E-state index contributed by atoms with van der Waals surface area (Å²) in [6, 6.07) is 5.92.